The maximum atomic E-state index is 13.8. The molecule has 0 unspecified atom stereocenters. The van der Waals surface area contributed by atoms with E-state index >= 15 is 0 Å². The van der Waals surface area contributed by atoms with Crippen molar-refractivity contribution in [2.45, 2.75) is 32.2 Å². The van der Waals surface area contributed by atoms with E-state index in [0.717, 1.165) is 11.1 Å². The average molecular weight is 510 g/mol. The lowest BCUT2D eigenvalue weighted by Crippen LogP contribution is -2.39. The van der Waals surface area contributed by atoms with Gasteiger partial charge in [-0.2, -0.15) is 9.41 Å². The van der Waals surface area contributed by atoms with Gasteiger partial charge in [-0.3, -0.25) is 4.79 Å². The minimum absolute atomic E-state index is 0.0385. The first kappa shape index (κ1) is 26.9. The van der Waals surface area contributed by atoms with Crippen molar-refractivity contribution in [3.63, 3.8) is 0 Å². The molecule has 3 aromatic carbocycles. The summed E-state index contributed by atoms with van der Waals surface area (Å²) in [6.07, 6.45) is 1.42. The zero-order valence-corrected chi connectivity index (χ0v) is 21.9. The van der Waals surface area contributed by atoms with Crippen LogP contribution in [0.3, 0.4) is 0 Å². The topological polar surface area (TPSA) is 97.3 Å². The van der Waals surface area contributed by atoms with Crippen LogP contribution in [0.2, 0.25) is 0 Å². The Bertz CT molecular complexity index is 1330. The second-order valence-electron chi connectivity index (χ2n) is 8.39. The van der Waals surface area contributed by atoms with E-state index < -0.39 is 22.5 Å². The fourth-order valence-corrected chi connectivity index (χ4v) is 5.82. The highest BCUT2D eigenvalue weighted by molar-refractivity contribution is 7.89. The van der Waals surface area contributed by atoms with Gasteiger partial charge in [-0.1, -0.05) is 48.0 Å². The molecule has 0 aliphatic heterocycles. The van der Waals surface area contributed by atoms with Gasteiger partial charge in [0.15, 0.2) is 0 Å². The molecule has 0 aliphatic carbocycles. The highest BCUT2D eigenvalue weighted by Crippen LogP contribution is 2.26. The third-order valence-corrected chi connectivity index (χ3v) is 7.65. The summed E-state index contributed by atoms with van der Waals surface area (Å²) in [6.45, 7) is 5.08. The van der Waals surface area contributed by atoms with E-state index in [1.165, 1.54) is 17.6 Å². The number of sulfonamides is 1. The number of aryl methyl sites for hydroxylation is 3. The molecule has 36 heavy (non-hydrogen) atoms. The van der Waals surface area contributed by atoms with Crippen molar-refractivity contribution in [1.29, 1.82) is 0 Å². The molecule has 1 N–H and O–H groups in total. The van der Waals surface area contributed by atoms with Crippen LogP contribution in [0, 0.1) is 20.8 Å². The molecule has 3 rings (SSSR count). The summed E-state index contributed by atoms with van der Waals surface area (Å²) in [5.74, 6) is 0.579. The molecule has 9 heteroatoms. The van der Waals surface area contributed by atoms with Gasteiger partial charge in [0.2, 0.25) is 10.0 Å². The average Bonchev–Trinajstić information content (AvgIpc) is 2.83. The molecule has 0 saturated carbocycles. The fourth-order valence-electron chi connectivity index (χ4n) is 4.03. The van der Waals surface area contributed by atoms with Crippen molar-refractivity contribution in [3.8, 4) is 11.5 Å². The standard InChI is InChI=1S/C27H31N3O5S/c1-19-13-20(2)27(21(3)14-19)36(32,33)30(17-22-9-7-6-8-10-22)18-26(31)29-28-16-23-15-24(34-4)11-12-25(23)35-5/h6-16H,17-18H2,1-5H3,(H,29,31)/b28-16-. The highest BCUT2D eigenvalue weighted by Gasteiger charge is 2.30. The predicted octanol–water partition coefficient (Wildman–Crippen LogP) is 3.97. The summed E-state index contributed by atoms with van der Waals surface area (Å²) in [5.41, 5.74) is 6.02. The predicted molar refractivity (Wildman–Crippen MR) is 140 cm³/mol. The van der Waals surface area contributed by atoms with Crippen molar-refractivity contribution >= 4 is 22.1 Å². The molecular weight excluding hydrogens is 478 g/mol. The van der Waals surface area contributed by atoms with Gasteiger partial charge in [0.1, 0.15) is 11.5 Å². The number of nitrogens with one attached hydrogen (secondary N) is 1. The Morgan fingerprint density at radius 1 is 0.972 bits per heavy atom. The number of nitrogens with zero attached hydrogens (tertiary/aromatic N) is 2. The lowest BCUT2D eigenvalue weighted by molar-refractivity contribution is -0.121. The maximum Gasteiger partial charge on any atom is 0.255 e. The second kappa shape index (κ2) is 11.8. The third kappa shape index (κ3) is 6.50. The van der Waals surface area contributed by atoms with Gasteiger partial charge < -0.3 is 9.47 Å². The monoisotopic (exact) mass is 509 g/mol. The quantitative estimate of drug-likeness (QED) is 0.330. The third-order valence-electron chi connectivity index (χ3n) is 5.55. The Labute approximate surface area is 212 Å². The number of hydrogen-bond acceptors (Lipinski definition) is 6. The lowest BCUT2D eigenvalue weighted by atomic mass is 10.1. The minimum atomic E-state index is -3.99. The number of hydrogen-bond donors (Lipinski definition) is 1. The minimum Gasteiger partial charge on any atom is -0.497 e. The molecule has 1 amide bonds. The van der Waals surface area contributed by atoms with Crippen molar-refractivity contribution in [2.75, 3.05) is 20.8 Å². The summed E-state index contributed by atoms with van der Waals surface area (Å²) in [7, 11) is -0.913. The molecule has 0 atom stereocenters. The Kier molecular flexibility index (Phi) is 8.84. The molecule has 0 fully saturated rings. The molecule has 0 radical (unpaired) electrons. The lowest BCUT2D eigenvalue weighted by Gasteiger charge is -2.24. The van der Waals surface area contributed by atoms with E-state index in [9.17, 15) is 13.2 Å². The van der Waals surface area contributed by atoms with Crippen LogP contribution in [0.1, 0.15) is 27.8 Å². The van der Waals surface area contributed by atoms with Gasteiger partial charge in [0.05, 0.1) is 31.9 Å². The zero-order valence-electron chi connectivity index (χ0n) is 21.1. The smallest absolute Gasteiger partial charge is 0.255 e. The Morgan fingerprint density at radius 2 is 1.64 bits per heavy atom. The molecule has 0 bridgehead atoms. The van der Waals surface area contributed by atoms with Crippen LogP contribution >= 0.6 is 0 Å². The summed E-state index contributed by atoms with van der Waals surface area (Å²) in [6, 6.07) is 18.0. The van der Waals surface area contributed by atoms with Gasteiger partial charge in [0.25, 0.3) is 5.91 Å². The van der Waals surface area contributed by atoms with Crippen LogP contribution in [0.15, 0.2) is 70.7 Å². The summed E-state index contributed by atoms with van der Waals surface area (Å²) < 4.78 is 39.2. The molecule has 3 aromatic rings. The molecule has 190 valence electrons. The van der Waals surface area contributed by atoms with Crippen molar-refractivity contribution < 1.29 is 22.7 Å². The number of ether oxygens (including phenoxy) is 2. The van der Waals surface area contributed by atoms with E-state index in [-0.39, 0.29) is 11.4 Å². The summed E-state index contributed by atoms with van der Waals surface area (Å²) >= 11 is 0. The van der Waals surface area contributed by atoms with E-state index in [4.69, 9.17) is 9.47 Å². The van der Waals surface area contributed by atoms with E-state index in [1.54, 1.807) is 39.2 Å². The largest absolute Gasteiger partial charge is 0.497 e. The van der Waals surface area contributed by atoms with Gasteiger partial charge in [-0.15, -0.1) is 0 Å². The first-order chi connectivity index (χ1) is 17.1. The van der Waals surface area contributed by atoms with Crippen molar-refractivity contribution in [2.24, 2.45) is 5.10 Å². The fraction of sp³-hybridized carbons (Fsp3) is 0.259. The number of carbonyl (C=O) groups is 1. The van der Waals surface area contributed by atoms with Gasteiger partial charge in [-0.05, 0) is 55.7 Å². The molecular formula is C27H31N3O5S. The number of hydrazone groups is 1. The number of benzene rings is 3. The number of methoxy groups -OCH3 is 2. The van der Waals surface area contributed by atoms with E-state index in [0.29, 0.717) is 28.2 Å². The van der Waals surface area contributed by atoms with Gasteiger partial charge in [-0.25, -0.2) is 13.8 Å². The van der Waals surface area contributed by atoms with Crippen molar-refractivity contribution in [3.05, 3.63) is 88.5 Å². The highest BCUT2D eigenvalue weighted by atomic mass is 32.2. The molecule has 0 heterocycles. The SMILES string of the molecule is COc1ccc(OC)c(/C=N\NC(=O)CN(Cc2ccccc2)S(=O)(=O)c2c(C)cc(C)cc2C)c1. The van der Waals surface area contributed by atoms with Crippen LogP contribution in [0.25, 0.3) is 0 Å². The summed E-state index contributed by atoms with van der Waals surface area (Å²) in [5, 5.41) is 4.01. The van der Waals surface area contributed by atoms with Crippen LogP contribution in [0.5, 0.6) is 11.5 Å². The number of rotatable bonds is 10. The zero-order chi connectivity index (χ0) is 26.3. The van der Waals surface area contributed by atoms with E-state index in [1.807, 2.05) is 49.4 Å². The molecule has 0 aromatic heterocycles. The first-order valence-electron chi connectivity index (χ1n) is 11.3. The van der Waals surface area contributed by atoms with Crippen molar-refractivity contribution in [1.82, 2.24) is 9.73 Å². The Morgan fingerprint density at radius 3 is 2.25 bits per heavy atom. The Balaban J connectivity index is 1.86. The van der Waals surface area contributed by atoms with Crippen LogP contribution < -0.4 is 14.9 Å². The summed E-state index contributed by atoms with van der Waals surface area (Å²) in [4.78, 5) is 13.0. The molecule has 0 saturated heterocycles. The second-order valence-corrected chi connectivity index (χ2v) is 10.3. The van der Waals surface area contributed by atoms with Gasteiger partial charge in [0, 0.05) is 12.1 Å². The number of carbonyl (C=O) groups excluding carboxylic acids is 1. The molecule has 0 spiro atoms. The maximum absolute atomic E-state index is 13.8. The van der Waals surface area contributed by atoms with E-state index in [2.05, 4.69) is 10.5 Å². The molecule has 0 aliphatic rings. The van der Waals surface area contributed by atoms with Crippen LogP contribution in [-0.2, 0) is 21.4 Å². The van der Waals surface area contributed by atoms with Gasteiger partial charge >= 0.3 is 0 Å². The molecule has 8 nitrogen and oxygen atoms in total. The first-order valence-corrected chi connectivity index (χ1v) is 12.8. The normalized spacial score (nSPS) is 11.6. The van der Waals surface area contributed by atoms with Crippen LogP contribution in [-0.4, -0.2) is 45.6 Å². The number of amides is 1. The Hall–Kier alpha value is -3.69. The van der Waals surface area contributed by atoms with Crippen LogP contribution in [0.4, 0.5) is 0 Å².